The van der Waals surface area contributed by atoms with Gasteiger partial charge in [0, 0.05) is 33.9 Å². The number of methoxy groups -OCH3 is 2. The number of hydrogen-bond donors (Lipinski definition) is 2. The van der Waals surface area contributed by atoms with Crippen molar-refractivity contribution in [3.63, 3.8) is 0 Å². The van der Waals surface area contributed by atoms with Crippen molar-refractivity contribution in [2.45, 2.75) is 46.7 Å². The summed E-state index contributed by atoms with van der Waals surface area (Å²) in [5, 5.41) is 23.7. The Morgan fingerprint density at radius 3 is 2.49 bits per heavy atom. The van der Waals surface area contributed by atoms with Crippen LogP contribution in [0.4, 0.5) is 11.4 Å². The summed E-state index contributed by atoms with van der Waals surface area (Å²) >= 11 is 6.29. The van der Waals surface area contributed by atoms with Gasteiger partial charge in [0.05, 0.1) is 32.2 Å². The molecule has 1 aliphatic rings. The molecule has 2 atom stereocenters. The number of carboxylic acids is 1. The smallest absolute Gasteiger partial charge is 0.327 e. The number of aliphatic carboxylic acids is 1. The Morgan fingerprint density at radius 2 is 1.88 bits per heavy atom. The number of ether oxygens (including phenoxy) is 2. The van der Waals surface area contributed by atoms with Crippen LogP contribution in [0.3, 0.4) is 0 Å². The van der Waals surface area contributed by atoms with Gasteiger partial charge in [-0.25, -0.2) is 4.98 Å². The zero-order chi connectivity index (χ0) is 31.0. The van der Waals surface area contributed by atoms with Gasteiger partial charge < -0.3 is 24.4 Å². The minimum Gasteiger partial charge on any atom is -0.480 e. The quantitative estimate of drug-likeness (QED) is 0.215. The van der Waals surface area contributed by atoms with Crippen LogP contribution in [0.2, 0.25) is 5.02 Å². The lowest BCUT2D eigenvalue weighted by atomic mass is 9.88. The maximum atomic E-state index is 13.2. The predicted molar refractivity (Wildman–Crippen MR) is 165 cm³/mol. The highest BCUT2D eigenvalue weighted by atomic mass is 35.5. The van der Waals surface area contributed by atoms with Gasteiger partial charge >= 0.3 is 12.0 Å². The van der Waals surface area contributed by atoms with Gasteiger partial charge in [-0.05, 0) is 55.2 Å². The van der Waals surface area contributed by atoms with Crippen molar-refractivity contribution in [3.8, 4) is 11.9 Å². The monoisotopic (exact) mass is 606 g/mol. The maximum absolute atomic E-state index is 13.2. The van der Waals surface area contributed by atoms with Crippen molar-refractivity contribution in [2.24, 2.45) is 5.92 Å². The lowest BCUT2D eigenvalue weighted by Gasteiger charge is -2.34. The Labute approximate surface area is 255 Å². The Hall–Kier alpha value is -4.35. The average molecular weight is 607 g/mol. The van der Waals surface area contributed by atoms with Crippen molar-refractivity contribution >= 4 is 39.9 Å². The lowest BCUT2D eigenvalue weighted by molar-refractivity contribution is -0.141. The number of aryl methyl sites for hydroxylation is 2. The molecule has 226 valence electrons. The fourth-order valence-electron chi connectivity index (χ4n) is 5.72. The molecule has 3 heterocycles. The summed E-state index contributed by atoms with van der Waals surface area (Å²) in [7, 11) is 2.98. The number of hydrazine groups is 1. The van der Waals surface area contributed by atoms with Crippen molar-refractivity contribution in [2.75, 3.05) is 31.1 Å². The van der Waals surface area contributed by atoms with Crippen LogP contribution in [0.15, 0.2) is 58.4 Å². The first-order valence-corrected chi connectivity index (χ1v) is 14.3. The second kappa shape index (κ2) is 12.1. The van der Waals surface area contributed by atoms with E-state index < -0.39 is 18.1 Å². The predicted octanol–water partition coefficient (Wildman–Crippen LogP) is 6.18. The zero-order valence-corrected chi connectivity index (χ0v) is 25.9. The largest absolute Gasteiger partial charge is 0.480 e. The molecule has 0 bridgehead atoms. The van der Waals surface area contributed by atoms with Gasteiger partial charge in [-0.2, -0.15) is 9.99 Å². The molecule has 11 nitrogen and oxygen atoms in total. The third-order valence-corrected chi connectivity index (χ3v) is 7.81. The van der Waals surface area contributed by atoms with E-state index in [1.807, 2.05) is 63.9 Å². The van der Waals surface area contributed by atoms with Crippen molar-refractivity contribution in [1.82, 2.24) is 20.1 Å². The van der Waals surface area contributed by atoms with E-state index in [2.05, 4.69) is 20.4 Å². The molecule has 12 heteroatoms. The molecule has 2 N–H and O–H groups in total. The number of carboxylic acid groups (broad SMARTS) is 1. The molecule has 2 aromatic carbocycles. The normalized spacial score (nSPS) is 16.3. The van der Waals surface area contributed by atoms with Gasteiger partial charge in [0.2, 0.25) is 5.88 Å². The van der Waals surface area contributed by atoms with Crippen LogP contribution < -0.4 is 19.8 Å². The first-order chi connectivity index (χ1) is 20.6. The van der Waals surface area contributed by atoms with Crippen LogP contribution >= 0.6 is 11.6 Å². The molecule has 2 aromatic heterocycles. The standard InChI is InChI=1S/C31H35ClN6O5/c1-8-37-27(30(39)40)24(26(16(2)3)38(37)23-15-33-31(42-7)35-29(23)41-6)25(19-9-11-20(32)12-10-19)34-21-13-17(4)28-22(14-21)18(5)36-43-28/h9-16,25,27,34H,8H2,1-7H3,(H,39,40). The fraction of sp³-hybridized carbons (Fsp3) is 0.355. The highest BCUT2D eigenvalue weighted by molar-refractivity contribution is 6.30. The second-order valence-electron chi connectivity index (χ2n) is 10.6. The molecule has 1 aliphatic heterocycles. The summed E-state index contributed by atoms with van der Waals surface area (Å²) in [5.41, 5.74) is 5.99. The summed E-state index contributed by atoms with van der Waals surface area (Å²) in [6, 6.07) is 9.95. The molecule has 2 unspecified atom stereocenters. The fourth-order valence-corrected chi connectivity index (χ4v) is 5.85. The molecule has 4 aromatic rings. The van der Waals surface area contributed by atoms with Gasteiger partial charge in [0.25, 0.3) is 0 Å². The third-order valence-electron chi connectivity index (χ3n) is 7.56. The topological polar surface area (TPSA) is 126 Å². The van der Waals surface area contributed by atoms with E-state index >= 15 is 0 Å². The first kappa shape index (κ1) is 30.1. The van der Waals surface area contributed by atoms with Crippen molar-refractivity contribution in [3.05, 3.63) is 75.7 Å². The molecular formula is C31H35ClN6O5. The Bertz CT molecular complexity index is 1690. The highest BCUT2D eigenvalue weighted by Gasteiger charge is 2.48. The molecule has 0 fully saturated rings. The number of aromatic nitrogens is 3. The second-order valence-corrected chi connectivity index (χ2v) is 11.1. The molecule has 0 spiro atoms. The van der Waals surface area contributed by atoms with Crippen LogP contribution in [0.1, 0.15) is 43.6 Å². The molecule has 0 aliphatic carbocycles. The van der Waals surface area contributed by atoms with Crippen LogP contribution in [0.25, 0.3) is 11.0 Å². The molecule has 5 rings (SSSR count). The number of allylic oxidation sites excluding steroid dienone is 1. The zero-order valence-electron chi connectivity index (χ0n) is 25.2. The van der Waals surface area contributed by atoms with Gasteiger partial charge in [0.15, 0.2) is 11.6 Å². The summed E-state index contributed by atoms with van der Waals surface area (Å²) in [6.07, 6.45) is 1.59. The summed E-state index contributed by atoms with van der Waals surface area (Å²) in [6.45, 7) is 10.2. The van der Waals surface area contributed by atoms with Crippen LogP contribution in [0, 0.1) is 19.8 Å². The van der Waals surface area contributed by atoms with Crippen molar-refractivity contribution < 1.29 is 23.9 Å². The maximum Gasteiger partial charge on any atom is 0.327 e. The van der Waals surface area contributed by atoms with E-state index in [0.29, 0.717) is 28.4 Å². The SMILES string of the molecule is CCN1C(C(=O)O)C(C(Nc2cc(C)c3onc(C)c3c2)c2ccc(Cl)cc2)=C(C(C)C)N1c1cnc(OC)nc1OC. The first-order valence-electron chi connectivity index (χ1n) is 14.0. The van der Waals surface area contributed by atoms with Gasteiger partial charge in [-0.1, -0.05) is 49.7 Å². The molecule has 0 radical (unpaired) electrons. The van der Waals surface area contributed by atoms with Gasteiger partial charge in [-0.15, -0.1) is 0 Å². The molecular weight excluding hydrogens is 572 g/mol. The number of nitrogens with zero attached hydrogens (tertiary/aromatic N) is 5. The Balaban J connectivity index is 1.77. The Kier molecular flexibility index (Phi) is 8.48. The number of halogens is 1. The van der Waals surface area contributed by atoms with E-state index in [0.717, 1.165) is 33.6 Å². The molecule has 43 heavy (non-hydrogen) atoms. The number of anilines is 2. The van der Waals surface area contributed by atoms with E-state index in [9.17, 15) is 9.90 Å². The summed E-state index contributed by atoms with van der Waals surface area (Å²) in [4.78, 5) is 21.9. The number of benzene rings is 2. The van der Waals surface area contributed by atoms with Crippen molar-refractivity contribution in [1.29, 1.82) is 0 Å². The number of fused-ring (bicyclic) bond motifs is 1. The molecule has 0 saturated carbocycles. The van der Waals surface area contributed by atoms with E-state index in [-0.39, 0.29) is 17.8 Å². The van der Waals surface area contributed by atoms with Crippen LogP contribution in [0.5, 0.6) is 11.9 Å². The Morgan fingerprint density at radius 1 is 1.16 bits per heavy atom. The minimum absolute atomic E-state index is 0.110. The van der Waals surface area contributed by atoms with Crippen LogP contribution in [-0.4, -0.2) is 58.0 Å². The minimum atomic E-state index is -1.02. The van der Waals surface area contributed by atoms with Gasteiger partial charge in [-0.3, -0.25) is 9.80 Å². The van der Waals surface area contributed by atoms with E-state index in [1.165, 1.54) is 14.2 Å². The number of nitrogens with one attached hydrogen (secondary N) is 1. The molecule has 0 saturated heterocycles. The average Bonchev–Trinajstić information content (AvgIpc) is 3.54. The molecule has 0 amide bonds. The summed E-state index contributed by atoms with van der Waals surface area (Å²) in [5.74, 6) is -0.844. The highest BCUT2D eigenvalue weighted by Crippen LogP contribution is 2.46. The summed E-state index contributed by atoms with van der Waals surface area (Å²) < 4.78 is 16.4. The number of carbonyl (C=O) groups is 1. The lowest BCUT2D eigenvalue weighted by Crippen LogP contribution is -2.47. The third kappa shape index (κ3) is 5.46. The number of hydrogen-bond acceptors (Lipinski definition) is 10. The van der Waals surface area contributed by atoms with E-state index in [4.69, 9.17) is 25.6 Å². The number of likely N-dealkylation sites (N-methyl/N-ethyl adjacent to an activating group) is 1. The number of rotatable bonds is 10. The van der Waals surface area contributed by atoms with E-state index in [1.54, 1.807) is 23.3 Å². The van der Waals surface area contributed by atoms with Gasteiger partial charge in [0.1, 0.15) is 5.69 Å². The van der Waals surface area contributed by atoms with Crippen LogP contribution in [-0.2, 0) is 4.79 Å².